The van der Waals surface area contributed by atoms with Crippen molar-refractivity contribution in [2.75, 3.05) is 26.2 Å². The average molecular weight is 533 g/mol. The smallest absolute Gasteiger partial charge is 0.191 e. The van der Waals surface area contributed by atoms with E-state index < -0.39 is 0 Å². The molecule has 0 radical (unpaired) electrons. The molecule has 1 aromatic rings. The Bertz CT molecular complexity index is 600. The second kappa shape index (κ2) is 13.6. The number of halogens is 1. The number of hydrogen-bond donors (Lipinski definition) is 2. The minimum atomic E-state index is 0. The monoisotopic (exact) mass is 532 g/mol. The minimum absolute atomic E-state index is 0. The third-order valence-corrected chi connectivity index (χ3v) is 6.09. The predicted octanol–water partition coefficient (Wildman–Crippen LogP) is 4.20. The van der Waals surface area contributed by atoms with Crippen molar-refractivity contribution in [2.45, 2.75) is 90.0 Å². The highest BCUT2D eigenvalue weighted by atomic mass is 127. The zero-order valence-electron chi connectivity index (χ0n) is 18.9. The third kappa shape index (κ3) is 8.38. The summed E-state index contributed by atoms with van der Waals surface area (Å²) in [5.74, 6) is 1.96. The number of aliphatic imine (C=N–C) groups is 1. The maximum Gasteiger partial charge on any atom is 0.191 e. The van der Waals surface area contributed by atoms with Crippen molar-refractivity contribution in [3.63, 3.8) is 0 Å². The number of furan rings is 1. The molecule has 2 aliphatic rings. The summed E-state index contributed by atoms with van der Waals surface area (Å²) in [5, 5.41) is 7.24. The van der Waals surface area contributed by atoms with E-state index >= 15 is 0 Å². The molecule has 0 spiro atoms. The van der Waals surface area contributed by atoms with Gasteiger partial charge in [0.05, 0.1) is 25.0 Å². The first-order valence-corrected chi connectivity index (χ1v) is 11.6. The van der Waals surface area contributed by atoms with Crippen molar-refractivity contribution in [2.24, 2.45) is 4.99 Å². The SMILES string of the molecule is CCN1CCCC1CN=C(NCCc1ccco1)NC1CCC(OC(C)C)CC1.I. The van der Waals surface area contributed by atoms with Gasteiger partial charge in [0.1, 0.15) is 5.76 Å². The number of nitrogens with zero attached hydrogens (tertiary/aromatic N) is 2. The van der Waals surface area contributed by atoms with Crippen molar-refractivity contribution < 1.29 is 9.15 Å². The van der Waals surface area contributed by atoms with Crippen LogP contribution in [0.2, 0.25) is 0 Å². The molecule has 6 nitrogen and oxygen atoms in total. The molecule has 0 aromatic carbocycles. The Labute approximate surface area is 199 Å². The van der Waals surface area contributed by atoms with E-state index in [-0.39, 0.29) is 24.0 Å². The van der Waals surface area contributed by atoms with Crippen LogP contribution < -0.4 is 10.6 Å². The Morgan fingerprint density at radius 2 is 2.07 bits per heavy atom. The lowest BCUT2D eigenvalue weighted by molar-refractivity contribution is -0.0152. The number of likely N-dealkylation sites (tertiary alicyclic amines) is 1. The first kappa shape index (κ1) is 25.5. The first-order valence-electron chi connectivity index (χ1n) is 11.6. The fourth-order valence-electron chi connectivity index (χ4n) is 4.55. The molecule has 3 rings (SSSR count). The van der Waals surface area contributed by atoms with Gasteiger partial charge in [-0.2, -0.15) is 0 Å². The molecule has 1 saturated heterocycles. The maximum atomic E-state index is 6.00. The lowest BCUT2D eigenvalue weighted by Crippen LogP contribution is -2.46. The van der Waals surface area contributed by atoms with Crippen LogP contribution in [0, 0.1) is 0 Å². The summed E-state index contributed by atoms with van der Waals surface area (Å²) >= 11 is 0. The minimum Gasteiger partial charge on any atom is -0.469 e. The Morgan fingerprint density at radius 1 is 1.27 bits per heavy atom. The summed E-state index contributed by atoms with van der Waals surface area (Å²) in [6.45, 7) is 10.5. The standard InChI is InChI=1S/C23H40N4O2.HI/c1-4-27-15-5-7-20(27)17-25-23(24-14-13-21-8-6-16-28-21)26-19-9-11-22(12-10-19)29-18(2)3;/h6,8,16,18-20,22H,4-5,7,9-15,17H2,1-3H3,(H2,24,25,26);1H. The van der Waals surface area contributed by atoms with E-state index in [9.17, 15) is 0 Å². The van der Waals surface area contributed by atoms with Gasteiger partial charge in [-0.05, 0) is 77.6 Å². The van der Waals surface area contributed by atoms with Crippen LogP contribution in [0.4, 0.5) is 0 Å². The molecular formula is C23H41IN4O2. The van der Waals surface area contributed by atoms with Crippen LogP contribution in [0.3, 0.4) is 0 Å². The average Bonchev–Trinajstić information content (AvgIpc) is 3.38. The molecule has 7 heteroatoms. The summed E-state index contributed by atoms with van der Waals surface area (Å²) in [5.41, 5.74) is 0. The molecular weight excluding hydrogens is 491 g/mol. The van der Waals surface area contributed by atoms with Gasteiger partial charge in [-0.3, -0.25) is 9.89 Å². The van der Waals surface area contributed by atoms with Gasteiger partial charge in [-0.1, -0.05) is 6.92 Å². The third-order valence-electron chi connectivity index (χ3n) is 6.09. The molecule has 0 amide bonds. The van der Waals surface area contributed by atoms with Crippen LogP contribution in [0.1, 0.15) is 65.1 Å². The van der Waals surface area contributed by atoms with Crippen LogP contribution in [0.25, 0.3) is 0 Å². The molecule has 30 heavy (non-hydrogen) atoms. The second-order valence-electron chi connectivity index (χ2n) is 8.67. The van der Waals surface area contributed by atoms with Crippen molar-refractivity contribution >= 4 is 29.9 Å². The molecule has 0 bridgehead atoms. The van der Waals surface area contributed by atoms with Gasteiger partial charge in [0.15, 0.2) is 5.96 Å². The molecule has 172 valence electrons. The molecule has 2 N–H and O–H groups in total. The van der Waals surface area contributed by atoms with E-state index in [0.29, 0.717) is 24.3 Å². The number of hydrogen-bond acceptors (Lipinski definition) is 4. The van der Waals surface area contributed by atoms with Crippen LogP contribution in [0.5, 0.6) is 0 Å². The Morgan fingerprint density at radius 3 is 2.73 bits per heavy atom. The van der Waals surface area contributed by atoms with Crippen LogP contribution in [0.15, 0.2) is 27.8 Å². The van der Waals surface area contributed by atoms with Gasteiger partial charge in [-0.15, -0.1) is 24.0 Å². The summed E-state index contributed by atoms with van der Waals surface area (Å²) in [6.07, 6.45) is 10.4. The fourth-order valence-corrected chi connectivity index (χ4v) is 4.55. The normalized spacial score (nSPS) is 25.3. The molecule has 2 heterocycles. The highest BCUT2D eigenvalue weighted by Gasteiger charge is 2.25. The summed E-state index contributed by atoms with van der Waals surface area (Å²) in [6, 6.07) is 5.03. The lowest BCUT2D eigenvalue weighted by atomic mass is 9.93. The second-order valence-corrected chi connectivity index (χ2v) is 8.67. The predicted molar refractivity (Wildman–Crippen MR) is 134 cm³/mol. The zero-order valence-corrected chi connectivity index (χ0v) is 21.3. The molecule has 2 fully saturated rings. The maximum absolute atomic E-state index is 6.00. The summed E-state index contributed by atoms with van der Waals surface area (Å²) in [7, 11) is 0. The largest absolute Gasteiger partial charge is 0.469 e. The van der Waals surface area contributed by atoms with Crippen molar-refractivity contribution in [1.29, 1.82) is 0 Å². The van der Waals surface area contributed by atoms with E-state index in [2.05, 4.69) is 36.3 Å². The molecule has 1 unspecified atom stereocenters. The lowest BCUT2D eigenvalue weighted by Gasteiger charge is -2.31. The van der Waals surface area contributed by atoms with E-state index in [0.717, 1.165) is 63.5 Å². The molecule has 1 aliphatic heterocycles. The van der Waals surface area contributed by atoms with Crippen molar-refractivity contribution in [3.8, 4) is 0 Å². The van der Waals surface area contributed by atoms with Crippen molar-refractivity contribution in [1.82, 2.24) is 15.5 Å². The molecule has 1 saturated carbocycles. The Hall–Kier alpha value is -0.800. The van der Waals surface area contributed by atoms with Crippen LogP contribution >= 0.6 is 24.0 Å². The quantitative estimate of drug-likeness (QED) is 0.284. The van der Waals surface area contributed by atoms with Gasteiger partial charge in [0.2, 0.25) is 0 Å². The van der Waals surface area contributed by atoms with Crippen LogP contribution in [-0.2, 0) is 11.2 Å². The highest BCUT2D eigenvalue weighted by Crippen LogP contribution is 2.22. The van der Waals surface area contributed by atoms with E-state index in [4.69, 9.17) is 14.1 Å². The number of rotatable bonds is 9. The highest BCUT2D eigenvalue weighted by molar-refractivity contribution is 14.0. The molecule has 1 atom stereocenters. The van der Waals surface area contributed by atoms with E-state index in [1.54, 1.807) is 6.26 Å². The topological polar surface area (TPSA) is 62.0 Å². The van der Waals surface area contributed by atoms with E-state index in [1.807, 2.05) is 12.1 Å². The molecule has 1 aliphatic carbocycles. The summed E-state index contributed by atoms with van der Waals surface area (Å²) in [4.78, 5) is 7.53. The number of guanidine groups is 1. The van der Waals surface area contributed by atoms with Gasteiger partial charge < -0.3 is 19.8 Å². The van der Waals surface area contributed by atoms with Gasteiger partial charge in [0, 0.05) is 25.0 Å². The van der Waals surface area contributed by atoms with Gasteiger partial charge in [0.25, 0.3) is 0 Å². The number of likely N-dealkylation sites (N-methyl/N-ethyl adjacent to an activating group) is 1. The Kier molecular flexibility index (Phi) is 11.5. The van der Waals surface area contributed by atoms with Crippen LogP contribution in [-0.4, -0.2) is 61.3 Å². The van der Waals surface area contributed by atoms with E-state index in [1.165, 1.54) is 19.4 Å². The number of ether oxygens (including phenoxy) is 1. The van der Waals surface area contributed by atoms with Gasteiger partial charge in [-0.25, -0.2) is 0 Å². The fraction of sp³-hybridized carbons (Fsp3) is 0.783. The number of nitrogens with one attached hydrogen (secondary N) is 2. The van der Waals surface area contributed by atoms with Gasteiger partial charge >= 0.3 is 0 Å². The zero-order chi connectivity index (χ0) is 20.5. The first-order chi connectivity index (χ1) is 14.1. The molecule has 1 aromatic heterocycles. The summed E-state index contributed by atoms with van der Waals surface area (Å²) < 4.78 is 11.5. The van der Waals surface area contributed by atoms with Crippen molar-refractivity contribution in [3.05, 3.63) is 24.2 Å². The Balaban J connectivity index is 0.00000320.